The number of hydrogen-bond donors (Lipinski definition) is 2. The van der Waals surface area contributed by atoms with E-state index in [1.807, 2.05) is 10.3 Å². The molecule has 0 aliphatic carbocycles. The van der Waals surface area contributed by atoms with Crippen LogP contribution in [0.2, 0.25) is 0 Å². The van der Waals surface area contributed by atoms with Crippen molar-refractivity contribution in [1.82, 2.24) is 9.88 Å². The number of aliphatic imine (C=N–C) groups is 1. The third-order valence-corrected chi connectivity index (χ3v) is 4.62. The second-order valence-electron chi connectivity index (χ2n) is 5.52. The lowest BCUT2D eigenvalue weighted by atomic mass is 10.3. The van der Waals surface area contributed by atoms with Gasteiger partial charge in [0.25, 0.3) is 0 Å². The highest BCUT2D eigenvalue weighted by molar-refractivity contribution is 14.0. The largest absolute Gasteiger partial charge is 0.370 e. The summed E-state index contributed by atoms with van der Waals surface area (Å²) in [5.41, 5.74) is 6.38. The molecule has 1 fully saturated rings. The molecule has 10 heteroatoms. The number of piperazine rings is 1. The molecule has 26 heavy (non-hydrogen) atoms. The molecule has 1 aromatic carbocycles. The van der Waals surface area contributed by atoms with Gasteiger partial charge in [0.05, 0.1) is 0 Å². The van der Waals surface area contributed by atoms with Gasteiger partial charge in [0, 0.05) is 43.4 Å². The Hall–Kier alpha value is -1.95. The molecule has 1 saturated heterocycles. The molecule has 3 rings (SSSR count). The van der Waals surface area contributed by atoms with Gasteiger partial charge in [-0.15, -0.1) is 35.3 Å². The van der Waals surface area contributed by atoms with Gasteiger partial charge in [0.2, 0.25) is 5.91 Å². The number of thiazole rings is 1. The van der Waals surface area contributed by atoms with Crippen LogP contribution >= 0.6 is 35.3 Å². The quantitative estimate of drug-likeness (QED) is 0.389. The molecular weight excluding hydrogens is 470 g/mol. The fraction of sp³-hybridized carbons (Fsp3) is 0.312. The summed E-state index contributed by atoms with van der Waals surface area (Å²) in [6.45, 7) is 2.95. The molecule has 0 radical (unpaired) electrons. The van der Waals surface area contributed by atoms with Crippen LogP contribution in [-0.4, -0.2) is 54.5 Å². The van der Waals surface area contributed by atoms with Crippen LogP contribution in [0.15, 0.2) is 40.8 Å². The average molecular weight is 490 g/mol. The van der Waals surface area contributed by atoms with Gasteiger partial charge >= 0.3 is 0 Å². The third kappa shape index (κ3) is 5.53. The number of carbonyl (C=O) groups excluding carboxylic acids is 1. The Bertz CT molecular complexity index is 749. The van der Waals surface area contributed by atoms with Gasteiger partial charge < -0.3 is 20.9 Å². The first-order valence-corrected chi connectivity index (χ1v) is 8.74. The summed E-state index contributed by atoms with van der Waals surface area (Å²) in [4.78, 5) is 24.5. The fourth-order valence-corrected chi connectivity index (χ4v) is 3.22. The van der Waals surface area contributed by atoms with Gasteiger partial charge in [0.15, 0.2) is 11.1 Å². The molecule has 2 aromatic rings. The highest BCUT2D eigenvalue weighted by Gasteiger charge is 2.19. The first-order valence-electron chi connectivity index (χ1n) is 7.86. The van der Waals surface area contributed by atoms with E-state index in [9.17, 15) is 9.18 Å². The number of anilines is 2. The van der Waals surface area contributed by atoms with E-state index < -0.39 is 5.82 Å². The number of carbonyl (C=O) groups is 1. The Morgan fingerprint density at radius 1 is 1.35 bits per heavy atom. The van der Waals surface area contributed by atoms with E-state index in [4.69, 9.17) is 5.73 Å². The van der Waals surface area contributed by atoms with Gasteiger partial charge in [-0.1, -0.05) is 6.07 Å². The minimum Gasteiger partial charge on any atom is -0.370 e. The summed E-state index contributed by atoms with van der Waals surface area (Å²) in [5, 5.41) is 5.55. The Labute approximate surface area is 172 Å². The standard InChI is InChI=1S/C16H19FN6OS.HI/c17-12-2-1-3-13(10-12)21-14(24)11-20-15(18)22-5-7-23(8-6-22)16-19-4-9-25-16;/h1-4,9-10H,5-8,11H2,(H2,18,20)(H,21,24);1H. The summed E-state index contributed by atoms with van der Waals surface area (Å²) in [6, 6.07) is 5.72. The van der Waals surface area contributed by atoms with Gasteiger partial charge in [-0.3, -0.25) is 4.79 Å². The number of rotatable bonds is 4. The van der Waals surface area contributed by atoms with Crippen LogP contribution in [0.5, 0.6) is 0 Å². The van der Waals surface area contributed by atoms with Crippen molar-refractivity contribution >= 4 is 58.0 Å². The number of nitrogens with zero attached hydrogens (tertiary/aromatic N) is 4. The van der Waals surface area contributed by atoms with Crippen LogP contribution in [0.3, 0.4) is 0 Å². The van der Waals surface area contributed by atoms with Crippen molar-refractivity contribution < 1.29 is 9.18 Å². The second-order valence-corrected chi connectivity index (χ2v) is 6.39. The zero-order chi connectivity index (χ0) is 17.6. The monoisotopic (exact) mass is 490 g/mol. The fourth-order valence-electron chi connectivity index (χ4n) is 2.52. The molecule has 0 saturated carbocycles. The molecule has 1 aromatic heterocycles. The normalized spacial score (nSPS) is 14.7. The van der Waals surface area contributed by atoms with Crippen molar-refractivity contribution in [2.24, 2.45) is 10.7 Å². The summed E-state index contributed by atoms with van der Waals surface area (Å²) >= 11 is 1.61. The van der Waals surface area contributed by atoms with Gasteiger partial charge in [-0.25, -0.2) is 14.4 Å². The molecule has 1 aliphatic rings. The first-order chi connectivity index (χ1) is 12.1. The van der Waals surface area contributed by atoms with Crippen LogP contribution in [0.4, 0.5) is 15.2 Å². The zero-order valence-electron chi connectivity index (χ0n) is 14.0. The summed E-state index contributed by atoms with van der Waals surface area (Å²) < 4.78 is 13.1. The Balaban J connectivity index is 0.00000243. The first kappa shape index (κ1) is 20.4. The van der Waals surface area contributed by atoms with E-state index >= 15 is 0 Å². The number of nitrogens with two attached hydrogens (primary N) is 1. The van der Waals surface area contributed by atoms with E-state index in [1.165, 1.54) is 18.2 Å². The van der Waals surface area contributed by atoms with Crippen molar-refractivity contribution in [2.75, 3.05) is 42.9 Å². The number of nitrogens with one attached hydrogen (secondary N) is 1. The molecule has 0 atom stereocenters. The Morgan fingerprint density at radius 3 is 2.77 bits per heavy atom. The van der Waals surface area contributed by atoms with Crippen molar-refractivity contribution in [3.63, 3.8) is 0 Å². The number of guanidine groups is 1. The van der Waals surface area contributed by atoms with Crippen molar-refractivity contribution in [3.8, 4) is 0 Å². The molecule has 7 nitrogen and oxygen atoms in total. The maximum Gasteiger partial charge on any atom is 0.246 e. The maximum absolute atomic E-state index is 13.1. The van der Waals surface area contributed by atoms with Gasteiger partial charge in [0.1, 0.15) is 12.4 Å². The smallest absolute Gasteiger partial charge is 0.246 e. The van der Waals surface area contributed by atoms with E-state index in [1.54, 1.807) is 23.6 Å². The van der Waals surface area contributed by atoms with Crippen LogP contribution in [-0.2, 0) is 4.79 Å². The minimum atomic E-state index is -0.404. The maximum atomic E-state index is 13.1. The van der Waals surface area contributed by atoms with Crippen molar-refractivity contribution in [1.29, 1.82) is 0 Å². The Kier molecular flexibility index (Phi) is 7.57. The summed E-state index contributed by atoms with van der Waals surface area (Å²) in [5.74, 6) is -0.401. The lowest BCUT2D eigenvalue weighted by Crippen LogP contribution is -2.51. The van der Waals surface area contributed by atoms with Crippen LogP contribution in [0, 0.1) is 5.82 Å². The molecule has 1 amide bonds. The van der Waals surface area contributed by atoms with E-state index in [-0.39, 0.29) is 36.4 Å². The zero-order valence-corrected chi connectivity index (χ0v) is 17.1. The predicted molar refractivity (Wildman–Crippen MR) is 113 cm³/mol. The summed E-state index contributed by atoms with van der Waals surface area (Å²) in [7, 11) is 0. The lowest BCUT2D eigenvalue weighted by molar-refractivity contribution is -0.114. The highest BCUT2D eigenvalue weighted by atomic mass is 127. The molecule has 0 bridgehead atoms. The van der Waals surface area contributed by atoms with Crippen molar-refractivity contribution in [3.05, 3.63) is 41.7 Å². The van der Waals surface area contributed by atoms with Crippen LogP contribution < -0.4 is 16.0 Å². The number of benzene rings is 1. The molecule has 0 spiro atoms. The number of aromatic nitrogens is 1. The molecule has 2 heterocycles. The molecular formula is C16H20FIN6OS. The number of halogens is 2. The van der Waals surface area contributed by atoms with E-state index in [2.05, 4.69) is 20.2 Å². The Morgan fingerprint density at radius 2 is 2.12 bits per heavy atom. The third-order valence-electron chi connectivity index (χ3n) is 3.79. The molecule has 0 unspecified atom stereocenters. The van der Waals surface area contributed by atoms with Gasteiger partial charge in [-0.05, 0) is 18.2 Å². The molecule has 140 valence electrons. The van der Waals surface area contributed by atoms with E-state index in [0.717, 1.165) is 31.3 Å². The van der Waals surface area contributed by atoms with Crippen LogP contribution in [0.25, 0.3) is 0 Å². The predicted octanol–water partition coefficient (Wildman–Crippen LogP) is 1.98. The average Bonchev–Trinajstić information content (AvgIpc) is 3.14. The van der Waals surface area contributed by atoms with Gasteiger partial charge in [-0.2, -0.15) is 0 Å². The van der Waals surface area contributed by atoms with Crippen molar-refractivity contribution in [2.45, 2.75) is 0 Å². The molecule has 1 aliphatic heterocycles. The lowest BCUT2D eigenvalue weighted by Gasteiger charge is -2.35. The number of amides is 1. The summed E-state index contributed by atoms with van der Waals surface area (Å²) in [6.07, 6.45) is 1.79. The van der Waals surface area contributed by atoms with E-state index in [0.29, 0.717) is 11.6 Å². The van der Waals surface area contributed by atoms with Crippen LogP contribution in [0.1, 0.15) is 0 Å². The number of hydrogen-bond acceptors (Lipinski definition) is 5. The molecule has 3 N–H and O–H groups in total. The second kappa shape index (κ2) is 9.67. The minimum absolute atomic E-state index is 0. The topological polar surface area (TPSA) is 86.8 Å². The highest BCUT2D eigenvalue weighted by Crippen LogP contribution is 2.18. The SMILES string of the molecule is I.NC(=NCC(=O)Nc1cccc(F)c1)N1CCN(c2nccs2)CC1.